The number of hydrogen-bond donors (Lipinski definition) is 0. The molecule has 21 heavy (non-hydrogen) atoms. The smallest absolute Gasteiger partial charge is 0.134 e. The standard InChI is InChI=1S/C17H22O4/c1-11-6-15(21-5)13(7-14(11)20-4)17(10-18)9-12(19)8-16(17,2)3/h6-7,10H,8-9H2,1-5H3/t17-/m1/s1. The molecule has 0 saturated heterocycles. The number of benzene rings is 1. The second-order valence-electron chi connectivity index (χ2n) is 6.39. The highest BCUT2D eigenvalue weighted by atomic mass is 16.5. The summed E-state index contributed by atoms with van der Waals surface area (Å²) < 4.78 is 10.8. The Morgan fingerprint density at radius 2 is 1.71 bits per heavy atom. The molecule has 1 fully saturated rings. The van der Waals surface area contributed by atoms with E-state index in [0.717, 1.165) is 17.4 Å². The van der Waals surface area contributed by atoms with Gasteiger partial charge in [0.1, 0.15) is 23.6 Å². The molecule has 0 aromatic heterocycles. The van der Waals surface area contributed by atoms with Crippen molar-refractivity contribution in [1.29, 1.82) is 0 Å². The Morgan fingerprint density at radius 3 is 2.14 bits per heavy atom. The number of hydrogen-bond acceptors (Lipinski definition) is 4. The summed E-state index contributed by atoms with van der Waals surface area (Å²) in [6.07, 6.45) is 1.52. The van der Waals surface area contributed by atoms with Crippen molar-refractivity contribution in [3.63, 3.8) is 0 Å². The van der Waals surface area contributed by atoms with Crippen LogP contribution >= 0.6 is 0 Å². The highest BCUT2D eigenvalue weighted by Gasteiger charge is 2.55. The van der Waals surface area contributed by atoms with Gasteiger partial charge in [-0.15, -0.1) is 0 Å². The molecule has 0 radical (unpaired) electrons. The molecule has 0 aliphatic heterocycles. The fourth-order valence-corrected chi connectivity index (χ4v) is 3.39. The van der Waals surface area contributed by atoms with Crippen LogP contribution in [-0.4, -0.2) is 26.3 Å². The van der Waals surface area contributed by atoms with Crippen molar-refractivity contribution in [3.8, 4) is 11.5 Å². The summed E-state index contributed by atoms with van der Waals surface area (Å²) in [4.78, 5) is 24.0. The van der Waals surface area contributed by atoms with Crippen molar-refractivity contribution < 1.29 is 19.1 Å². The molecule has 1 aromatic carbocycles. The van der Waals surface area contributed by atoms with Gasteiger partial charge < -0.3 is 14.3 Å². The molecule has 1 aromatic rings. The van der Waals surface area contributed by atoms with E-state index in [9.17, 15) is 9.59 Å². The van der Waals surface area contributed by atoms with Crippen molar-refractivity contribution in [1.82, 2.24) is 0 Å². The van der Waals surface area contributed by atoms with Gasteiger partial charge in [-0.25, -0.2) is 0 Å². The Balaban J connectivity index is 2.73. The zero-order valence-corrected chi connectivity index (χ0v) is 13.3. The molecule has 114 valence electrons. The number of methoxy groups -OCH3 is 2. The molecule has 1 atom stereocenters. The summed E-state index contributed by atoms with van der Waals surface area (Å²) in [5.41, 5.74) is 0.357. The van der Waals surface area contributed by atoms with E-state index in [1.54, 1.807) is 14.2 Å². The first-order valence-electron chi connectivity index (χ1n) is 7.02. The first kappa shape index (κ1) is 15.5. The number of rotatable bonds is 4. The number of ether oxygens (including phenoxy) is 2. The minimum atomic E-state index is -0.865. The topological polar surface area (TPSA) is 52.6 Å². The van der Waals surface area contributed by atoms with E-state index >= 15 is 0 Å². The van der Waals surface area contributed by atoms with Gasteiger partial charge in [-0.05, 0) is 30.0 Å². The molecule has 0 N–H and O–H groups in total. The third-order valence-corrected chi connectivity index (χ3v) is 4.72. The maximum Gasteiger partial charge on any atom is 0.134 e. The second kappa shape index (κ2) is 5.17. The van der Waals surface area contributed by atoms with Gasteiger partial charge in [-0.3, -0.25) is 4.79 Å². The van der Waals surface area contributed by atoms with E-state index in [-0.39, 0.29) is 12.2 Å². The number of Topliss-reactive ketones (excluding diaryl/α,β-unsaturated/α-hetero) is 1. The molecule has 4 heteroatoms. The predicted molar refractivity (Wildman–Crippen MR) is 80.0 cm³/mol. The Kier molecular flexibility index (Phi) is 3.83. The van der Waals surface area contributed by atoms with Crippen LogP contribution in [-0.2, 0) is 15.0 Å². The SMILES string of the molecule is COc1cc([C@]2(C=O)CC(=O)CC2(C)C)c(OC)cc1C. The minimum absolute atomic E-state index is 0.105. The van der Waals surface area contributed by atoms with Gasteiger partial charge in [-0.1, -0.05) is 13.8 Å². The summed E-state index contributed by atoms with van der Waals surface area (Å²) in [6, 6.07) is 3.70. The first-order valence-corrected chi connectivity index (χ1v) is 7.02. The van der Waals surface area contributed by atoms with Crippen LogP contribution in [0.3, 0.4) is 0 Å². The van der Waals surface area contributed by atoms with E-state index in [1.165, 1.54) is 0 Å². The number of aryl methyl sites for hydroxylation is 1. The van der Waals surface area contributed by atoms with Crippen molar-refractivity contribution in [3.05, 3.63) is 23.3 Å². The second-order valence-corrected chi connectivity index (χ2v) is 6.39. The molecule has 4 nitrogen and oxygen atoms in total. The highest BCUT2D eigenvalue weighted by molar-refractivity contribution is 5.92. The van der Waals surface area contributed by atoms with Gasteiger partial charge >= 0.3 is 0 Å². The molecule has 1 saturated carbocycles. The molecule has 1 aliphatic rings. The zero-order valence-electron chi connectivity index (χ0n) is 13.3. The van der Waals surface area contributed by atoms with Crippen molar-refractivity contribution >= 4 is 12.1 Å². The molecule has 0 bridgehead atoms. The van der Waals surface area contributed by atoms with E-state index in [4.69, 9.17) is 9.47 Å². The van der Waals surface area contributed by atoms with Crippen LogP contribution in [0.2, 0.25) is 0 Å². The summed E-state index contributed by atoms with van der Waals surface area (Å²) in [6.45, 7) is 5.83. The van der Waals surface area contributed by atoms with Crippen molar-refractivity contribution in [2.24, 2.45) is 5.41 Å². The largest absolute Gasteiger partial charge is 0.496 e. The summed E-state index contributed by atoms with van der Waals surface area (Å²) in [5, 5.41) is 0. The number of carbonyl (C=O) groups is 2. The summed E-state index contributed by atoms with van der Waals surface area (Å²) in [7, 11) is 3.17. The average molecular weight is 290 g/mol. The van der Waals surface area contributed by atoms with Gasteiger partial charge in [0.05, 0.1) is 19.6 Å². The fraction of sp³-hybridized carbons (Fsp3) is 0.529. The normalized spacial score (nSPS) is 24.0. The third-order valence-electron chi connectivity index (χ3n) is 4.72. The van der Waals surface area contributed by atoms with Crippen LogP contribution in [0.4, 0.5) is 0 Å². The van der Waals surface area contributed by atoms with Crippen molar-refractivity contribution in [2.75, 3.05) is 14.2 Å². The third kappa shape index (κ3) is 2.23. The number of aldehydes is 1. The van der Waals surface area contributed by atoms with Crippen LogP contribution < -0.4 is 9.47 Å². The lowest BCUT2D eigenvalue weighted by Gasteiger charge is -2.37. The minimum Gasteiger partial charge on any atom is -0.496 e. The Labute approximate surface area is 125 Å². The molecular weight excluding hydrogens is 268 g/mol. The molecule has 0 unspecified atom stereocenters. The molecule has 2 rings (SSSR count). The van der Waals surface area contributed by atoms with Crippen LogP contribution in [0.15, 0.2) is 12.1 Å². The van der Waals surface area contributed by atoms with Crippen LogP contribution in [0, 0.1) is 12.3 Å². The maximum atomic E-state index is 12.0. The maximum absolute atomic E-state index is 12.0. The molecule has 0 amide bonds. The number of ketones is 1. The van der Waals surface area contributed by atoms with Gasteiger partial charge in [0.2, 0.25) is 0 Å². The molecule has 0 spiro atoms. The van der Waals surface area contributed by atoms with Crippen LogP contribution in [0.25, 0.3) is 0 Å². The lowest BCUT2D eigenvalue weighted by Crippen LogP contribution is -2.39. The Morgan fingerprint density at radius 1 is 1.10 bits per heavy atom. The van der Waals surface area contributed by atoms with E-state index < -0.39 is 10.8 Å². The van der Waals surface area contributed by atoms with Crippen LogP contribution in [0.5, 0.6) is 11.5 Å². The summed E-state index contributed by atoms with van der Waals surface area (Å²) >= 11 is 0. The quantitative estimate of drug-likeness (QED) is 0.800. The monoisotopic (exact) mass is 290 g/mol. The van der Waals surface area contributed by atoms with Gasteiger partial charge in [0.15, 0.2) is 0 Å². The average Bonchev–Trinajstić information content (AvgIpc) is 2.67. The molecular formula is C17H22O4. The highest BCUT2D eigenvalue weighted by Crippen LogP contribution is 2.54. The van der Waals surface area contributed by atoms with Crippen molar-refractivity contribution in [2.45, 2.75) is 39.0 Å². The van der Waals surface area contributed by atoms with E-state index in [2.05, 4.69) is 0 Å². The van der Waals surface area contributed by atoms with Gasteiger partial charge in [-0.2, -0.15) is 0 Å². The zero-order chi connectivity index (χ0) is 15.8. The van der Waals surface area contributed by atoms with Crippen LogP contribution in [0.1, 0.15) is 37.8 Å². The van der Waals surface area contributed by atoms with Gasteiger partial charge in [0.25, 0.3) is 0 Å². The lowest BCUT2D eigenvalue weighted by atomic mass is 9.64. The Hall–Kier alpha value is -1.84. The summed E-state index contributed by atoms with van der Waals surface area (Å²) in [5.74, 6) is 1.43. The predicted octanol–water partition coefficient (Wildman–Crippen LogP) is 2.84. The molecule has 1 aliphatic carbocycles. The van der Waals surface area contributed by atoms with E-state index in [1.807, 2.05) is 32.9 Å². The Bertz CT molecular complexity index is 589. The lowest BCUT2D eigenvalue weighted by molar-refractivity contribution is -0.120. The van der Waals surface area contributed by atoms with E-state index in [0.29, 0.717) is 17.9 Å². The molecule has 0 heterocycles. The first-order chi connectivity index (χ1) is 9.81. The van der Waals surface area contributed by atoms with Gasteiger partial charge in [0, 0.05) is 18.4 Å². The number of carbonyl (C=O) groups excluding carboxylic acids is 2. The fourth-order valence-electron chi connectivity index (χ4n) is 3.39.